The first-order valence-corrected chi connectivity index (χ1v) is 5.12. The smallest absolute Gasteiger partial charge is 0.272 e. The number of nitrogens with one attached hydrogen (secondary N) is 1. The van der Waals surface area contributed by atoms with Crippen molar-refractivity contribution in [3.8, 4) is 0 Å². The van der Waals surface area contributed by atoms with Crippen molar-refractivity contribution in [2.45, 2.75) is 26.4 Å². The fourth-order valence-corrected chi connectivity index (χ4v) is 1.32. The Hall–Kier alpha value is -1.46. The van der Waals surface area contributed by atoms with Crippen molar-refractivity contribution in [1.29, 1.82) is 0 Å². The quantitative estimate of drug-likeness (QED) is 0.585. The molecule has 0 amide bonds. The average Bonchev–Trinajstić information content (AvgIpc) is 2.27. The summed E-state index contributed by atoms with van der Waals surface area (Å²) in [5.41, 5.74) is 1.64. The SMILES string of the molecule is Cc1ccc(CN[C@H](C)CO)cc1[N+](=O)[O-]. The minimum atomic E-state index is -0.381. The molecular formula is C11H16N2O3. The topological polar surface area (TPSA) is 75.4 Å². The van der Waals surface area contributed by atoms with Gasteiger partial charge in [0.15, 0.2) is 0 Å². The summed E-state index contributed by atoms with van der Waals surface area (Å²) in [6.45, 7) is 4.13. The second-order valence-corrected chi connectivity index (χ2v) is 3.84. The standard InChI is InChI=1S/C11H16N2O3/c1-8-3-4-10(5-11(8)13(15)16)6-12-9(2)7-14/h3-5,9,12,14H,6-7H2,1-2H3/t9-/m1/s1. The molecule has 0 aliphatic heterocycles. The Bertz CT molecular complexity index is 379. The number of aliphatic hydroxyl groups is 1. The van der Waals surface area contributed by atoms with E-state index in [4.69, 9.17) is 5.11 Å². The number of hydrogen-bond acceptors (Lipinski definition) is 4. The second-order valence-electron chi connectivity index (χ2n) is 3.84. The molecule has 0 saturated carbocycles. The maximum atomic E-state index is 10.7. The number of nitro benzene ring substituents is 1. The van der Waals surface area contributed by atoms with Crippen LogP contribution in [0.4, 0.5) is 5.69 Å². The minimum absolute atomic E-state index is 0.0136. The molecule has 1 aromatic carbocycles. The highest BCUT2D eigenvalue weighted by molar-refractivity contribution is 5.42. The van der Waals surface area contributed by atoms with Gasteiger partial charge in [0.05, 0.1) is 11.5 Å². The van der Waals surface area contributed by atoms with Gasteiger partial charge in [0, 0.05) is 24.2 Å². The van der Waals surface area contributed by atoms with Crippen molar-refractivity contribution < 1.29 is 10.0 Å². The van der Waals surface area contributed by atoms with E-state index >= 15 is 0 Å². The highest BCUT2D eigenvalue weighted by atomic mass is 16.6. The number of rotatable bonds is 5. The van der Waals surface area contributed by atoms with Gasteiger partial charge in [0.1, 0.15) is 0 Å². The van der Waals surface area contributed by atoms with Gasteiger partial charge in [-0.15, -0.1) is 0 Å². The van der Waals surface area contributed by atoms with Crippen molar-refractivity contribution in [2.24, 2.45) is 0 Å². The molecule has 0 unspecified atom stereocenters. The lowest BCUT2D eigenvalue weighted by Crippen LogP contribution is -2.28. The van der Waals surface area contributed by atoms with Gasteiger partial charge in [-0.25, -0.2) is 0 Å². The lowest BCUT2D eigenvalue weighted by molar-refractivity contribution is -0.385. The molecule has 0 fully saturated rings. The molecule has 2 N–H and O–H groups in total. The molecule has 1 aromatic rings. The number of aliphatic hydroxyl groups excluding tert-OH is 1. The molecule has 1 atom stereocenters. The Balaban J connectivity index is 2.75. The van der Waals surface area contributed by atoms with Crippen LogP contribution in [0.5, 0.6) is 0 Å². The molecule has 0 saturated heterocycles. The van der Waals surface area contributed by atoms with Crippen LogP contribution in [0.2, 0.25) is 0 Å². The normalized spacial score (nSPS) is 12.4. The number of aryl methyl sites for hydroxylation is 1. The molecule has 16 heavy (non-hydrogen) atoms. The van der Waals surface area contributed by atoms with E-state index in [1.807, 2.05) is 13.0 Å². The van der Waals surface area contributed by atoms with Crippen molar-refractivity contribution >= 4 is 5.69 Å². The van der Waals surface area contributed by atoms with Crippen LogP contribution in [-0.4, -0.2) is 22.7 Å². The lowest BCUT2D eigenvalue weighted by Gasteiger charge is -2.10. The Kier molecular flexibility index (Phi) is 4.39. The van der Waals surface area contributed by atoms with Gasteiger partial charge in [-0.2, -0.15) is 0 Å². The van der Waals surface area contributed by atoms with E-state index in [1.54, 1.807) is 19.1 Å². The molecule has 5 nitrogen and oxygen atoms in total. The Labute approximate surface area is 94.3 Å². The molecule has 0 aliphatic carbocycles. The van der Waals surface area contributed by atoms with E-state index in [2.05, 4.69) is 5.32 Å². The van der Waals surface area contributed by atoms with Gasteiger partial charge >= 0.3 is 0 Å². The maximum absolute atomic E-state index is 10.7. The third-order valence-electron chi connectivity index (χ3n) is 2.40. The summed E-state index contributed by atoms with van der Waals surface area (Å²) in [6, 6.07) is 5.13. The zero-order valence-electron chi connectivity index (χ0n) is 9.43. The van der Waals surface area contributed by atoms with Crippen LogP contribution in [0.1, 0.15) is 18.1 Å². The average molecular weight is 224 g/mol. The first-order chi connectivity index (χ1) is 7.54. The molecule has 5 heteroatoms. The number of nitro groups is 1. The molecule has 0 aliphatic rings. The number of hydrogen-bond donors (Lipinski definition) is 2. The first kappa shape index (κ1) is 12.6. The predicted molar refractivity (Wildman–Crippen MR) is 61.2 cm³/mol. The molecule has 1 rings (SSSR count). The third kappa shape index (κ3) is 3.29. The molecule has 0 radical (unpaired) electrons. The Morgan fingerprint density at radius 3 is 2.81 bits per heavy atom. The fourth-order valence-electron chi connectivity index (χ4n) is 1.32. The van der Waals surface area contributed by atoms with Crippen LogP contribution in [0, 0.1) is 17.0 Å². The third-order valence-corrected chi connectivity index (χ3v) is 2.40. The summed E-state index contributed by atoms with van der Waals surface area (Å²) in [6.07, 6.45) is 0. The van der Waals surface area contributed by atoms with E-state index in [-0.39, 0.29) is 23.3 Å². The maximum Gasteiger partial charge on any atom is 0.272 e. The van der Waals surface area contributed by atoms with Gasteiger partial charge in [-0.05, 0) is 19.4 Å². The van der Waals surface area contributed by atoms with Crippen molar-refractivity contribution in [1.82, 2.24) is 5.32 Å². The monoisotopic (exact) mass is 224 g/mol. The summed E-state index contributed by atoms with van der Waals surface area (Å²) in [5, 5.41) is 22.6. The molecular weight excluding hydrogens is 208 g/mol. The lowest BCUT2D eigenvalue weighted by atomic mass is 10.1. The zero-order chi connectivity index (χ0) is 12.1. The fraction of sp³-hybridized carbons (Fsp3) is 0.455. The van der Waals surface area contributed by atoms with Crippen LogP contribution in [0.15, 0.2) is 18.2 Å². The van der Waals surface area contributed by atoms with Crippen molar-refractivity contribution in [2.75, 3.05) is 6.61 Å². The van der Waals surface area contributed by atoms with Gasteiger partial charge < -0.3 is 10.4 Å². The predicted octanol–water partition coefficient (Wildman–Crippen LogP) is 1.37. The van der Waals surface area contributed by atoms with Crippen LogP contribution in [0.25, 0.3) is 0 Å². The molecule has 88 valence electrons. The largest absolute Gasteiger partial charge is 0.395 e. The second kappa shape index (κ2) is 5.58. The summed E-state index contributed by atoms with van der Waals surface area (Å²) in [4.78, 5) is 10.3. The molecule has 0 bridgehead atoms. The van der Waals surface area contributed by atoms with Crippen molar-refractivity contribution in [3.63, 3.8) is 0 Å². The summed E-state index contributed by atoms with van der Waals surface area (Å²) in [5.74, 6) is 0. The van der Waals surface area contributed by atoms with Gasteiger partial charge in [-0.1, -0.05) is 12.1 Å². The molecule has 0 spiro atoms. The van der Waals surface area contributed by atoms with Crippen LogP contribution >= 0.6 is 0 Å². The number of nitrogens with zero attached hydrogens (tertiary/aromatic N) is 1. The summed E-state index contributed by atoms with van der Waals surface area (Å²) < 4.78 is 0. The molecule has 0 aromatic heterocycles. The summed E-state index contributed by atoms with van der Waals surface area (Å²) in [7, 11) is 0. The summed E-state index contributed by atoms with van der Waals surface area (Å²) >= 11 is 0. The zero-order valence-corrected chi connectivity index (χ0v) is 9.43. The van der Waals surface area contributed by atoms with E-state index < -0.39 is 0 Å². The van der Waals surface area contributed by atoms with Crippen LogP contribution in [0.3, 0.4) is 0 Å². The van der Waals surface area contributed by atoms with Gasteiger partial charge in [0.25, 0.3) is 5.69 Å². The Morgan fingerprint density at radius 2 is 2.25 bits per heavy atom. The van der Waals surface area contributed by atoms with E-state index in [0.717, 1.165) is 5.56 Å². The first-order valence-electron chi connectivity index (χ1n) is 5.12. The highest BCUT2D eigenvalue weighted by Gasteiger charge is 2.10. The van der Waals surface area contributed by atoms with Crippen molar-refractivity contribution in [3.05, 3.63) is 39.4 Å². The minimum Gasteiger partial charge on any atom is -0.395 e. The van der Waals surface area contributed by atoms with Crippen LogP contribution in [-0.2, 0) is 6.54 Å². The van der Waals surface area contributed by atoms with Gasteiger partial charge in [-0.3, -0.25) is 10.1 Å². The number of benzene rings is 1. The Morgan fingerprint density at radius 1 is 1.56 bits per heavy atom. The van der Waals surface area contributed by atoms with E-state index in [0.29, 0.717) is 12.1 Å². The van der Waals surface area contributed by atoms with E-state index in [1.165, 1.54) is 0 Å². The van der Waals surface area contributed by atoms with E-state index in [9.17, 15) is 10.1 Å². The van der Waals surface area contributed by atoms with Crippen LogP contribution < -0.4 is 5.32 Å². The van der Waals surface area contributed by atoms with Gasteiger partial charge in [0.2, 0.25) is 0 Å². The molecule has 0 heterocycles. The highest BCUT2D eigenvalue weighted by Crippen LogP contribution is 2.19.